The second-order valence-corrected chi connectivity index (χ2v) is 12.4. The van der Waals surface area contributed by atoms with E-state index in [1.54, 1.807) is 38.1 Å². The molecule has 0 bridgehead atoms. The number of hydrogen-bond acceptors (Lipinski definition) is 6. The number of hydrogen-bond donors (Lipinski definition) is 2. The predicted molar refractivity (Wildman–Crippen MR) is 142 cm³/mol. The molecule has 1 aliphatic heterocycles. The fourth-order valence-corrected chi connectivity index (χ4v) is 7.08. The molecule has 37 heavy (non-hydrogen) atoms. The molecule has 0 atom stereocenters. The molecule has 0 spiro atoms. The first kappa shape index (κ1) is 26.6. The van der Waals surface area contributed by atoms with Crippen molar-refractivity contribution in [1.82, 2.24) is 4.31 Å². The summed E-state index contributed by atoms with van der Waals surface area (Å²) in [5, 5.41) is 2.68. The van der Waals surface area contributed by atoms with Crippen molar-refractivity contribution in [1.29, 1.82) is 0 Å². The Labute approximate surface area is 217 Å². The number of para-hydroxylation sites is 1. The average molecular weight is 544 g/mol. The van der Waals surface area contributed by atoms with Gasteiger partial charge in [-0.15, -0.1) is 0 Å². The highest BCUT2D eigenvalue weighted by Crippen LogP contribution is 2.31. The number of nitrogens with zero attached hydrogens (tertiary/aromatic N) is 1. The van der Waals surface area contributed by atoms with Gasteiger partial charge in [-0.1, -0.05) is 24.3 Å². The molecule has 0 aromatic heterocycles. The Morgan fingerprint density at radius 3 is 2.24 bits per heavy atom. The summed E-state index contributed by atoms with van der Waals surface area (Å²) in [7, 11) is -6.29. The summed E-state index contributed by atoms with van der Waals surface area (Å²) in [6, 6.07) is 15.6. The zero-order valence-corrected chi connectivity index (χ0v) is 22.4. The van der Waals surface area contributed by atoms with Gasteiger partial charge in [-0.3, -0.25) is 9.52 Å². The number of benzene rings is 3. The number of methoxy groups -OCH3 is 1. The molecule has 3 aromatic rings. The van der Waals surface area contributed by atoms with E-state index in [2.05, 4.69) is 10.0 Å². The first-order chi connectivity index (χ1) is 17.5. The molecule has 1 heterocycles. The summed E-state index contributed by atoms with van der Waals surface area (Å²) in [5.41, 5.74) is 1.92. The van der Waals surface area contributed by atoms with Crippen molar-refractivity contribution in [2.45, 2.75) is 36.5 Å². The van der Waals surface area contributed by atoms with E-state index in [1.165, 1.54) is 41.7 Å². The van der Waals surface area contributed by atoms with Crippen LogP contribution in [0.15, 0.2) is 70.5 Å². The Kier molecular flexibility index (Phi) is 7.58. The highest BCUT2D eigenvalue weighted by Gasteiger charge is 2.28. The lowest BCUT2D eigenvalue weighted by molar-refractivity contribution is 0.102. The number of sulfonamides is 2. The van der Waals surface area contributed by atoms with Crippen LogP contribution in [0.25, 0.3) is 0 Å². The minimum absolute atomic E-state index is 0.0410. The number of aryl methyl sites for hydroxylation is 2. The van der Waals surface area contributed by atoms with E-state index in [4.69, 9.17) is 4.74 Å². The van der Waals surface area contributed by atoms with Gasteiger partial charge < -0.3 is 10.1 Å². The van der Waals surface area contributed by atoms with Crippen LogP contribution in [0.2, 0.25) is 0 Å². The van der Waals surface area contributed by atoms with Gasteiger partial charge >= 0.3 is 0 Å². The Morgan fingerprint density at radius 2 is 1.57 bits per heavy atom. The van der Waals surface area contributed by atoms with Gasteiger partial charge in [0.05, 0.1) is 28.3 Å². The van der Waals surface area contributed by atoms with Crippen molar-refractivity contribution in [3.63, 3.8) is 0 Å². The van der Waals surface area contributed by atoms with Gasteiger partial charge in [-0.2, -0.15) is 4.31 Å². The largest absolute Gasteiger partial charge is 0.495 e. The van der Waals surface area contributed by atoms with E-state index < -0.39 is 26.0 Å². The molecular formula is C26H29N3O6S2. The minimum atomic E-state index is -3.98. The third-order valence-electron chi connectivity index (χ3n) is 6.25. The molecule has 1 fully saturated rings. The quantitative estimate of drug-likeness (QED) is 0.440. The monoisotopic (exact) mass is 543 g/mol. The smallest absolute Gasteiger partial charge is 0.262 e. The van der Waals surface area contributed by atoms with Gasteiger partial charge in [0, 0.05) is 18.7 Å². The first-order valence-corrected chi connectivity index (χ1v) is 14.6. The maximum absolute atomic E-state index is 13.2. The maximum atomic E-state index is 13.2. The van der Waals surface area contributed by atoms with Crippen LogP contribution >= 0.6 is 0 Å². The predicted octanol–water partition coefficient (Wildman–Crippen LogP) is 4.15. The third-order valence-corrected chi connectivity index (χ3v) is 9.65. The van der Waals surface area contributed by atoms with Crippen LogP contribution < -0.4 is 14.8 Å². The van der Waals surface area contributed by atoms with Gasteiger partial charge in [0.25, 0.3) is 15.9 Å². The zero-order valence-electron chi connectivity index (χ0n) is 20.8. The van der Waals surface area contributed by atoms with E-state index in [9.17, 15) is 21.6 Å². The van der Waals surface area contributed by atoms with Gasteiger partial charge in [0.2, 0.25) is 10.0 Å². The van der Waals surface area contributed by atoms with Crippen molar-refractivity contribution >= 4 is 37.3 Å². The molecule has 1 amide bonds. The molecule has 0 unspecified atom stereocenters. The van der Waals surface area contributed by atoms with Gasteiger partial charge in [0.15, 0.2) is 0 Å². The second kappa shape index (κ2) is 10.5. The lowest BCUT2D eigenvalue weighted by atomic mass is 10.1. The van der Waals surface area contributed by atoms with Crippen LogP contribution in [-0.4, -0.2) is 47.2 Å². The van der Waals surface area contributed by atoms with Crippen LogP contribution in [0.4, 0.5) is 11.4 Å². The van der Waals surface area contributed by atoms with E-state index in [0.717, 1.165) is 18.4 Å². The summed E-state index contributed by atoms with van der Waals surface area (Å²) in [6.07, 6.45) is 1.60. The van der Waals surface area contributed by atoms with Crippen molar-refractivity contribution in [2.24, 2.45) is 0 Å². The number of amides is 1. The molecule has 2 N–H and O–H groups in total. The van der Waals surface area contributed by atoms with Crippen molar-refractivity contribution in [2.75, 3.05) is 30.2 Å². The highest BCUT2D eigenvalue weighted by molar-refractivity contribution is 7.92. The summed E-state index contributed by atoms with van der Waals surface area (Å²) in [4.78, 5) is 13.2. The molecule has 0 aliphatic carbocycles. The Morgan fingerprint density at radius 1 is 0.865 bits per heavy atom. The normalized spacial score (nSPS) is 14.4. The molecule has 4 rings (SSSR count). The van der Waals surface area contributed by atoms with Crippen molar-refractivity contribution in [3.8, 4) is 5.75 Å². The summed E-state index contributed by atoms with van der Waals surface area (Å²) >= 11 is 0. The number of rotatable bonds is 8. The second-order valence-electron chi connectivity index (χ2n) is 8.83. The number of nitrogens with one attached hydrogen (secondary N) is 2. The Bertz CT molecular complexity index is 1550. The molecule has 9 nitrogen and oxygen atoms in total. The number of anilines is 2. The molecule has 0 saturated carbocycles. The fraction of sp³-hybridized carbons (Fsp3) is 0.269. The molecular weight excluding hydrogens is 514 g/mol. The Balaban J connectivity index is 1.63. The average Bonchev–Trinajstić information content (AvgIpc) is 3.41. The molecule has 1 saturated heterocycles. The third kappa shape index (κ3) is 5.63. The number of ether oxygens (including phenoxy) is 1. The Hall–Kier alpha value is -3.41. The first-order valence-electron chi connectivity index (χ1n) is 11.7. The molecule has 0 radical (unpaired) electrons. The van der Waals surface area contributed by atoms with Crippen LogP contribution in [0.1, 0.15) is 34.3 Å². The zero-order chi connectivity index (χ0) is 26.8. The van der Waals surface area contributed by atoms with Crippen LogP contribution in [0.5, 0.6) is 5.75 Å². The summed E-state index contributed by atoms with van der Waals surface area (Å²) in [5.74, 6) is -0.337. The molecule has 11 heteroatoms. The van der Waals surface area contributed by atoms with E-state index in [-0.39, 0.29) is 26.8 Å². The molecule has 3 aromatic carbocycles. The van der Waals surface area contributed by atoms with Crippen molar-refractivity contribution < 1.29 is 26.4 Å². The lowest BCUT2D eigenvalue weighted by Crippen LogP contribution is -2.28. The molecule has 1 aliphatic rings. The van der Waals surface area contributed by atoms with E-state index >= 15 is 0 Å². The van der Waals surface area contributed by atoms with Crippen LogP contribution in [-0.2, 0) is 20.0 Å². The SMILES string of the molecule is COc1ccc(S(=O)(=O)N2CCCC2)cc1NC(=O)c1ccc(C)c(S(=O)(=O)Nc2ccccc2C)c1. The number of carbonyl (C=O) groups is 1. The van der Waals surface area contributed by atoms with E-state index in [1.807, 2.05) is 6.07 Å². The van der Waals surface area contributed by atoms with Gasteiger partial charge in [0.1, 0.15) is 5.75 Å². The van der Waals surface area contributed by atoms with E-state index in [0.29, 0.717) is 24.3 Å². The van der Waals surface area contributed by atoms with Gasteiger partial charge in [-0.05, 0) is 74.2 Å². The number of carbonyl (C=O) groups excluding carboxylic acids is 1. The maximum Gasteiger partial charge on any atom is 0.262 e. The van der Waals surface area contributed by atoms with Crippen LogP contribution in [0.3, 0.4) is 0 Å². The summed E-state index contributed by atoms with van der Waals surface area (Å²) in [6.45, 7) is 4.34. The lowest BCUT2D eigenvalue weighted by Gasteiger charge is -2.18. The highest BCUT2D eigenvalue weighted by atomic mass is 32.2. The molecule has 196 valence electrons. The topological polar surface area (TPSA) is 122 Å². The van der Waals surface area contributed by atoms with Gasteiger partial charge in [-0.25, -0.2) is 16.8 Å². The van der Waals surface area contributed by atoms with Crippen LogP contribution in [0, 0.1) is 13.8 Å². The standard InChI is InChI=1S/C26H29N3O6S2/c1-18-8-4-5-9-22(18)28-36(31,32)25-16-20(11-10-19(25)2)26(30)27-23-17-21(12-13-24(23)35-3)37(33,34)29-14-6-7-15-29/h4-5,8-13,16-17,28H,6-7,14-15H2,1-3H3,(H,27,30). The fourth-order valence-electron chi connectivity index (χ4n) is 4.14. The van der Waals surface area contributed by atoms with Crippen molar-refractivity contribution in [3.05, 3.63) is 77.4 Å². The summed E-state index contributed by atoms with van der Waals surface area (Å²) < 4.78 is 61.6. The minimum Gasteiger partial charge on any atom is -0.495 e.